The maximum absolute atomic E-state index is 11.2. The summed E-state index contributed by atoms with van der Waals surface area (Å²) in [6, 6.07) is 0. The van der Waals surface area contributed by atoms with Crippen LogP contribution in [0.3, 0.4) is 0 Å². The topological polar surface area (TPSA) is 47.0 Å². The number of fused-ring (bicyclic) bond motifs is 1. The normalized spacial score (nSPS) is 20.4. The second-order valence-corrected chi connectivity index (χ2v) is 6.53. The summed E-state index contributed by atoms with van der Waals surface area (Å²) in [5.74, 6) is 0.326. The first-order valence-corrected chi connectivity index (χ1v) is 6.43. The van der Waals surface area contributed by atoms with E-state index in [2.05, 4.69) is 4.98 Å². The Morgan fingerprint density at radius 3 is 3.00 bits per heavy atom. The van der Waals surface area contributed by atoms with E-state index in [0.717, 1.165) is 10.6 Å². The second kappa shape index (κ2) is 2.68. The molecule has 66 valence electrons. The van der Waals surface area contributed by atoms with Crippen LogP contribution in [0, 0.1) is 0 Å². The van der Waals surface area contributed by atoms with Crippen LogP contribution in [-0.4, -0.2) is 19.2 Å². The van der Waals surface area contributed by atoms with Crippen LogP contribution in [0.4, 0.5) is 0 Å². The fraction of sp³-hybridized carbons (Fsp3) is 0.500. The SMILES string of the molecule is O=S1(=O)CCc2nc(Cl)sc2C1. The third-order valence-electron chi connectivity index (χ3n) is 1.75. The molecule has 6 heteroatoms. The fourth-order valence-electron chi connectivity index (χ4n) is 1.18. The minimum atomic E-state index is -2.87. The van der Waals surface area contributed by atoms with E-state index in [0.29, 0.717) is 10.9 Å². The molecule has 0 bridgehead atoms. The number of hydrogen-bond donors (Lipinski definition) is 0. The molecule has 0 N–H and O–H groups in total. The lowest BCUT2D eigenvalue weighted by Gasteiger charge is -2.08. The van der Waals surface area contributed by atoms with E-state index in [-0.39, 0.29) is 11.5 Å². The molecule has 2 heterocycles. The molecular weight excluding hydrogens is 218 g/mol. The zero-order valence-electron chi connectivity index (χ0n) is 6.08. The summed E-state index contributed by atoms with van der Waals surface area (Å²) in [6.45, 7) is 0. The average molecular weight is 224 g/mol. The standard InChI is InChI=1S/C6H6ClNO2S2/c7-6-8-4-1-2-12(9,10)3-5(4)11-6/h1-3H2. The van der Waals surface area contributed by atoms with Crippen LogP contribution < -0.4 is 0 Å². The van der Waals surface area contributed by atoms with E-state index in [1.54, 1.807) is 0 Å². The molecule has 0 aliphatic carbocycles. The maximum Gasteiger partial charge on any atom is 0.184 e. The van der Waals surface area contributed by atoms with Gasteiger partial charge < -0.3 is 0 Å². The van der Waals surface area contributed by atoms with Gasteiger partial charge in [0.2, 0.25) is 0 Å². The van der Waals surface area contributed by atoms with Crippen LogP contribution in [0.5, 0.6) is 0 Å². The molecular formula is C6H6ClNO2S2. The number of rotatable bonds is 0. The molecule has 1 aliphatic heterocycles. The van der Waals surface area contributed by atoms with Gasteiger partial charge in [0.1, 0.15) is 0 Å². The number of hydrogen-bond acceptors (Lipinski definition) is 4. The summed E-state index contributed by atoms with van der Waals surface area (Å²) in [5.41, 5.74) is 0.861. The van der Waals surface area contributed by atoms with Gasteiger partial charge >= 0.3 is 0 Å². The third kappa shape index (κ3) is 1.48. The number of nitrogens with zero attached hydrogens (tertiary/aromatic N) is 1. The van der Waals surface area contributed by atoms with E-state index in [1.165, 1.54) is 11.3 Å². The zero-order valence-corrected chi connectivity index (χ0v) is 8.47. The largest absolute Gasteiger partial charge is 0.230 e. The van der Waals surface area contributed by atoms with Crippen molar-refractivity contribution in [2.24, 2.45) is 0 Å². The van der Waals surface area contributed by atoms with Gasteiger partial charge in [0, 0.05) is 11.3 Å². The molecule has 0 unspecified atom stereocenters. The lowest BCUT2D eigenvalue weighted by Crippen LogP contribution is -2.17. The predicted molar refractivity (Wildman–Crippen MR) is 48.3 cm³/mol. The first-order chi connectivity index (χ1) is 5.57. The van der Waals surface area contributed by atoms with Crippen molar-refractivity contribution in [1.29, 1.82) is 0 Å². The van der Waals surface area contributed by atoms with Gasteiger partial charge in [0.15, 0.2) is 14.3 Å². The Morgan fingerprint density at radius 1 is 1.50 bits per heavy atom. The molecule has 0 saturated carbocycles. The summed E-state index contributed by atoms with van der Waals surface area (Å²) in [5, 5.41) is 0. The van der Waals surface area contributed by atoms with E-state index < -0.39 is 9.84 Å². The summed E-state index contributed by atoms with van der Waals surface area (Å²) in [4.78, 5) is 4.85. The number of thiazole rings is 1. The number of halogens is 1. The highest BCUT2D eigenvalue weighted by Crippen LogP contribution is 2.28. The van der Waals surface area contributed by atoms with E-state index in [4.69, 9.17) is 11.6 Å². The van der Waals surface area contributed by atoms with Gasteiger partial charge in [-0.05, 0) is 0 Å². The Kier molecular flexibility index (Phi) is 1.89. The molecule has 0 saturated heterocycles. The molecule has 0 fully saturated rings. The Balaban J connectivity index is 2.47. The van der Waals surface area contributed by atoms with Crippen molar-refractivity contribution in [3.05, 3.63) is 15.0 Å². The van der Waals surface area contributed by atoms with Gasteiger partial charge in [-0.25, -0.2) is 13.4 Å². The molecule has 0 radical (unpaired) electrons. The van der Waals surface area contributed by atoms with E-state index in [9.17, 15) is 8.42 Å². The van der Waals surface area contributed by atoms with Gasteiger partial charge in [-0.15, -0.1) is 11.3 Å². The van der Waals surface area contributed by atoms with Crippen molar-refractivity contribution in [2.75, 3.05) is 5.75 Å². The number of aryl methyl sites for hydroxylation is 1. The van der Waals surface area contributed by atoms with Crippen molar-refractivity contribution >= 4 is 32.8 Å². The first kappa shape index (κ1) is 8.47. The quantitative estimate of drug-likeness (QED) is 0.666. The second-order valence-electron chi connectivity index (χ2n) is 2.68. The lowest BCUT2D eigenvalue weighted by atomic mass is 10.3. The van der Waals surface area contributed by atoms with Crippen molar-refractivity contribution in [1.82, 2.24) is 4.98 Å². The Hall–Kier alpha value is -0.130. The molecule has 2 rings (SSSR count). The summed E-state index contributed by atoms with van der Waals surface area (Å²) in [7, 11) is -2.87. The summed E-state index contributed by atoms with van der Waals surface area (Å²) < 4.78 is 22.8. The molecule has 1 aromatic rings. The number of aromatic nitrogens is 1. The zero-order chi connectivity index (χ0) is 8.77. The van der Waals surface area contributed by atoms with Crippen molar-refractivity contribution in [3.63, 3.8) is 0 Å². The molecule has 12 heavy (non-hydrogen) atoms. The fourth-order valence-corrected chi connectivity index (χ4v) is 4.18. The van der Waals surface area contributed by atoms with Gasteiger partial charge in [0.25, 0.3) is 0 Å². The smallest absolute Gasteiger partial charge is 0.184 e. The maximum atomic E-state index is 11.2. The Bertz CT molecular complexity index is 409. The highest BCUT2D eigenvalue weighted by molar-refractivity contribution is 7.90. The molecule has 0 spiro atoms. The minimum Gasteiger partial charge on any atom is -0.230 e. The van der Waals surface area contributed by atoms with Crippen molar-refractivity contribution in [3.8, 4) is 0 Å². The monoisotopic (exact) mass is 223 g/mol. The van der Waals surface area contributed by atoms with Gasteiger partial charge in [-0.3, -0.25) is 0 Å². The highest BCUT2D eigenvalue weighted by atomic mass is 35.5. The minimum absolute atomic E-state index is 0.118. The van der Waals surface area contributed by atoms with Crippen LogP contribution in [0.25, 0.3) is 0 Å². The predicted octanol–water partition coefficient (Wildman–Crippen LogP) is 1.27. The van der Waals surface area contributed by atoms with Crippen molar-refractivity contribution in [2.45, 2.75) is 12.2 Å². The summed E-state index contributed by atoms with van der Waals surface area (Å²) in [6.07, 6.45) is 0.515. The molecule has 3 nitrogen and oxygen atoms in total. The van der Waals surface area contributed by atoms with E-state index >= 15 is 0 Å². The van der Waals surface area contributed by atoms with Crippen LogP contribution in [0.1, 0.15) is 10.6 Å². The Morgan fingerprint density at radius 2 is 2.25 bits per heavy atom. The molecule has 0 atom stereocenters. The first-order valence-electron chi connectivity index (χ1n) is 3.41. The van der Waals surface area contributed by atoms with Gasteiger partial charge in [-0.2, -0.15) is 0 Å². The van der Waals surface area contributed by atoms with Crippen LogP contribution in [-0.2, 0) is 22.0 Å². The highest BCUT2D eigenvalue weighted by Gasteiger charge is 2.24. The van der Waals surface area contributed by atoms with Gasteiger partial charge in [0.05, 0.1) is 17.2 Å². The van der Waals surface area contributed by atoms with E-state index in [1.807, 2.05) is 0 Å². The molecule has 1 aromatic heterocycles. The van der Waals surface area contributed by atoms with Crippen LogP contribution in [0.15, 0.2) is 0 Å². The number of sulfone groups is 1. The van der Waals surface area contributed by atoms with Crippen LogP contribution in [0.2, 0.25) is 4.47 Å². The Labute approximate surface area is 79.3 Å². The van der Waals surface area contributed by atoms with Crippen molar-refractivity contribution < 1.29 is 8.42 Å². The average Bonchev–Trinajstić information content (AvgIpc) is 2.26. The molecule has 0 aromatic carbocycles. The van der Waals surface area contributed by atoms with Gasteiger partial charge in [-0.1, -0.05) is 11.6 Å². The lowest BCUT2D eigenvalue weighted by molar-refractivity contribution is 0.591. The summed E-state index contributed by atoms with van der Waals surface area (Å²) >= 11 is 6.92. The molecule has 1 aliphatic rings. The molecule has 0 amide bonds. The third-order valence-corrected chi connectivity index (χ3v) is 4.69. The van der Waals surface area contributed by atoms with Crippen LogP contribution >= 0.6 is 22.9 Å².